The summed E-state index contributed by atoms with van der Waals surface area (Å²) in [5, 5.41) is 3.24. The third-order valence-electron chi connectivity index (χ3n) is 5.95. The molecule has 0 spiro atoms. The lowest BCUT2D eigenvalue weighted by Gasteiger charge is -2.22. The van der Waals surface area contributed by atoms with Crippen LogP contribution in [0.2, 0.25) is 0 Å². The maximum atomic E-state index is 14.0. The Morgan fingerprint density at radius 1 is 1.19 bits per heavy atom. The van der Waals surface area contributed by atoms with Gasteiger partial charge in [-0.05, 0) is 43.9 Å². The Kier molecular flexibility index (Phi) is 5.42. The molecule has 0 bridgehead atoms. The van der Waals surface area contributed by atoms with E-state index in [9.17, 15) is 26.7 Å². The van der Waals surface area contributed by atoms with Gasteiger partial charge in [0, 0.05) is 12.3 Å². The van der Waals surface area contributed by atoms with Crippen LogP contribution in [-0.2, 0) is 11.7 Å². The lowest BCUT2D eigenvalue weighted by atomic mass is 9.97. The SMILES string of the molecule is Cc1nc(N[C@H](CF)c2cccc(C(F)(F)F)c2C)c2cn(C3(CF)CC3)c(=O)cc2n1. The van der Waals surface area contributed by atoms with Crippen molar-refractivity contribution in [2.24, 2.45) is 0 Å². The first-order valence-corrected chi connectivity index (χ1v) is 10.1. The van der Waals surface area contributed by atoms with E-state index in [4.69, 9.17) is 0 Å². The largest absolute Gasteiger partial charge is 0.416 e. The molecule has 1 aliphatic carbocycles. The van der Waals surface area contributed by atoms with Crippen LogP contribution in [0.15, 0.2) is 35.3 Å². The van der Waals surface area contributed by atoms with Crippen molar-refractivity contribution in [1.82, 2.24) is 14.5 Å². The van der Waals surface area contributed by atoms with Crippen molar-refractivity contribution in [2.75, 3.05) is 18.7 Å². The van der Waals surface area contributed by atoms with Gasteiger partial charge in [0.15, 0.2) is 0 Å². The average Bonchev–Trinajstić information content (AvgIpc) is 3.52. The Balaban J connectivity index is 1.81. The summed E-state index contributed by atoms with van der Waals surface area (Å²) >= 11 is 0. The summed E-state index contributed by atoms with van der Waals surface area (Å²) < 4.78 is 68.9. The average molecular weight is 452 g/mol. The molecule has 3 aromatic rings. The van der Waals surface area contributed by atoms with Crippen molar-refractivity contribution in [2.45, 2.75) is 44.4 Å². The summed E-state index contributed by atoms with van der Waals surface area (Å²) in [5.41, 5.74) is -1.81. The second-order valence-corrected chi connectivity index (χ2v) is 8.13. The topological polar surface area (TPSA) is 59.8 Å². The maximum Gasteiger partial charge on any atom is 0.416 e. The van der Waals surface area contributed by atoms with Crippen LogP contribution in [-0.4, -0.2) is 27.9 Å². The lowest BCUT2D eigenvalue weighted by molar-refractivity contribution is -0.138. The zero-order valence-electron chi connectivity index (χ0n) is 17.4. The summed E-state index contributed by atoms with van der Waals surface area (Å²) in [6.07, 6.45) is -2.09. The Hall–Kier alpha value is -3.04. The van der Waals surface area contributed by atoms with Gasteiger partial charge in [0.1, 0.15) is 25.0 Å². The zero-order valence-corrected chi connectivity index (χ0v) is 17.4. The van der Waals surface area contributed by atoms with E-state index in [1.165, 1.54) is 35.9 Å². The van der Waals surface area contributed by atoms with Gasteiger partial charge >= 0.3 is 6.18 Å². The minimum absolute atomic E-state index is 0.0866. The van der Waals surface area contributed by atoms with E-state index >= 15 is 0 Å². The number of halogens is 5. The number of benzene rings is 1. The Labute approximate surface area is 180 Å². The standard InChI is InChI=1S/C22H21F5N4O/c1-12-14(4-3-5-16(12)22(25,26)27)18(9-23)30-20-15-10-31(21(11-24)6-7-21)19(32)8-17(15)28-13(2)29-20/h3-5,8,10,18H,6-7,9,11H2,1-2H3,(H,28,29,30)/t18-/m1/s1. The first-order chi connectivity index (χ1) is 15.1. The van der Waals surface area contributed by atoms with Gasteiger partial charge < -0.3 is 9.88 Å². The number of aryl methyl sites for hydroxylation is 1. The zero-order chi connectivity index (χ0) is 23.3. The van der Waals surface area contributed by atoms with E-state index < -0.39 is 42.2 Å². The molecule has 1 fully saturated rings. The summed E-state index contributed by atoms with van der Waals surface area (Å²) in [5.74, 6) is 0.456. The van der Waals surface area contributed by atoms with Crippen molar-refractivity contribution in [1.29, 1.82) is 0 Å². The number of nitrogens with one attached hydrogen (secondary N) is 1. The molecule has 5 nitrogen and oxygen atoms in total. The highest BCUT2D eigenvalue weighted by molar-refractivity contribution is 5.88. The van der Waals surface area contributed by atoms with Crippen LogP contribution in [0.1, 0.15) is 41.4 Å². The van der Waals surface area contributed by atoms with Crippen LogP contribution in [0.3, 0.4) is 0 Å². The molecule has 2 heterocycles. The van der Waals surface area contributed by atoms with Crippen LogP contribution >= 0.6 is 0 Å². The van der Waals surface area contributed by atoms with Crippen molar-refractivity contribution in [3.63, 3.8) is 0 Å². The molecule has 1 aliphatic rings. The number of fused-ring (bicyclic) bond motifs is 1. The van der Waals surface area contributed by atoms with Crippen molar-refractivity contribution >= 4 is 16.7 Å². The van der Waals surface area contributed by atoms with Crippen molar-refractivity contribution in [3.05, 3.63) is 63.3 Å². The number of anilines is 1. The van der Waals surface area contributed by atoms with E-state index in [0.29, 0.717) is 24.1 Å². The Morgan fingerprint density at radius 2 is 1.91 bits per heavy atom. The molecule has 0 radical (unpaired) electrons. The minimum atomic E-state index is -4.57. The third-order valence-corrected chi connectivity index (χ3v) is 5.95. The fraction of sp³-hybridized carbons (Fsp3) is 0.409. The van der Waals surface area contributed by atoms with E-state index in [1.807, 2.05) is 0 Å². The highest BCUT2D eigenvalue weighted by Gasteiger charge is 2.45. The van der Waals surface area contributed by atoms with E-state index in [2.05, 4.69) is 15.3 Å². The number of alkyl halides is 5. The Bertz CT molecular complexity index is 1230. The number of hydrogen-bond donors (Lipinski definition) is 1. The minimum Gasteiger partial charge on any atom is -0.360 e. The number of pyridine rings is 1. The molecule has 4 rings (SSSR count). The normalized spacial score (nSPS) is 16.2. The molecule has 1 N–H and O–H groups in total. The second-order valence-electron chi connectivity index (χ2n) is 8.13. The molecule has 10 heteroatoms. The first kappa shape index (κ1) is 22.2. The van der Waals surface area contributed by atoms with Gasteiger partial charge in [-0.25, -0.2) is 18.7 Å². The third kappa shape index (κ3) is 3.82. The predicted octanol–water partition coefficient (Wildman–Crippen LogP) is 5.01. The fourth-order valence-corrected chi connectivity index (χ4v) is 3.99. The van der Waals surface area contributed by atoms with Crippen LogP contribution in [0.25, 0.3) is 10.9 Å². The molecule has 1 atom stereocenters. The molecule has 170 valence electrons. The smallest absolute Gasteiger partial charge is 0.360 e. The number of rotatable bonds is 6. The lowest BCUT2D eigenvalue weighted by Crippen LogP contribution is -2.31. The van der Waals surface area contributed by atoms with Crippen LogP contribution in [0.4, 0.5) is 27.8 Å². The number of hydrogen-bond acceptors (Lipinski definition) is 4. The highest BCUT2D eigenvalue weighted by Crippen LogP contribution is 2.43. The molecular weight excluding hydrogens is 431 g/mol. The molecule has 0 amide bonds. The molecule has 32 heavy (non-hydrogen) atoms. The van der Waals surface area contributed by atoms with Gasteiger partial charge in [0.2, 0.25) is 0 Å². The van der Waals surface area contributed by atoms with Gasteiger partial charge in [-0.2, -0.15) is 13.2 Å². The summed E-state index contributed by atoms with van der Waals surface area (Å²) in [7, 11) is 0. The highest BCUT2D eigenvalue weighted by atomic mass is 19.4. The van der Waals surface area contributed by atoms with Crippen molar-refractivity contribution in [3.8, 4) is 0 Å². The molecule has 1 aromatic carbocycles. The molecule has 2 aromatic heterocycles. The molecular formula is C22H21F5N4O. The summed E-state index contributed by atoms with van der Waals surface area (Å²) in [6, 6.07) is 3.75. The van der Waals surface area contributed by atoms with Gasteiger partial charge in [-0.15, -0.1) is 0 Å². The molecule has 0 unspecified atom stereocenters. The van der Waals surface area contributed by atoms with Gasteiger partial charge in [-0.3, -0.25) is 4.79 Å². The second kappa shape index (κ2) is 7.83. The van der Waals surface area contributed by atoms with Gasteiger partial charge in [0.05, 0.1) is 28.0 Å². The summed E-state index contributed by atoms with van der Waals surface area (Å²) in [4.78, 5) is 21.1. The van der Waals surface area contributed by atoms with E-state index in [0.717, 1.165) is 6.07 Å². The molecule has 1 saturated carbocycles. The quantitative estimate of drug-likeness (QED) is 0.535. The van der Waals surface area contributed by atoms with Crippen LogP contribution in [0.5, 0.6) is 0 Å². The monoisotopic (exact) mass is 452 g/mol. The maximum absolute atomic E-state index is 14.0. The summed E-state index contributed by atoms with van der Waals surface area (Å²) in [6.45, 7) is 1.17. The van der Waals surface area contributed by atoms with Gasteiger partial charge in [-0.1, -0.05) is 12.1 Å². The number of aromatic nitrogens is 3. The molecule has 0 saturated heterocycles. The van der Waals surface area contributed by atoms with Gasteiger partial charge in [0.25, 0.3) is 5.56 Å². The van der Waals surface area contributed by atoms with E-state index in [1.54, 1.807) is 6.92 Å². The fourth-order valence-electron chi connectivity index (χ4n) is 3.99. The van der Waals surface area contributed by atoms with Crippen LogP contribution in [0, 0.1) is 13.8 Å². The Morgan fingerprint density at radius 3 is 2.50 bits per heavy atom. The van der Waals surface area contributed by atoms with E-state index in [-0.39, 0.29) is 22.5 Å². The first-order valence-electron chi connectivity index (χ1n) is 10.1. The van der Waals surface area contributed by atoms with Crippen molar-refractivity contribution < 1.29 is 22.0 Å². The predicted molar refractivity (Wildman–Crippen MR) is 110 cm³/mol. The van der Waals surface area contributed by atoms with Crippen LogP contribution < -0.4 is 10.9 Å². The number of nitrogens with zero attached hydrogens (tertiary/aromatic N) is 3. The molecule has 0 aliphatic heterocycles.